The molecule has 0 saturated carbocycles. The Labute approximate surface area is 160 Å². The maximum Gasteiger partial charge on any atom is 0.254 e. The van der Waals surface area contributed by atoms with E-state index in [-0.39, 0.29) is 36.3 Å². The highest BCUT2D eigenvalue weighted by atomic mass is 79.9. The fraction of sp³-hybridized carbons (Fsp3) is 0.350. The summed E-state index contributed by atoms with van der Waals surface area (Å²) >= 11 is 3.54. The van der Waals surface area contributed by atoms with Gasteiger partial charge in [0.25, 0.3) is 5.91 Å². The lowest BCUT2D eigenvalue weighted by Gasteiger charge is -2.44. The number of likely N-dealkylation sites (N-methyl/N-ethyl adjacent to an activating group) is 1. The van der Waals surface area contributed by atoms with Gasteiger partial charge in [-0.3, -0.25) is 4.79 Å². The molecule has 1 N–H and O–H groups in total. The summed E-state index contributed by atoms with van der Waals surface area (Å²) in [4.78, 5) is 17.1. The van der Waals surface area contributed by atoms with Crippen molar-refractivity contribution in [3.05, 3.63) is 63.9 Å². The third kappa shape index (κ3) is 2.72. The smallest absolute Gasteiger partial charge is 0.254 e. The monoisotopic (exact) mass is 418 g/mol. The van der Waals surface area contributed by atoms with Crippen molar-refractivity contribution in [2.45, 2.75) is 18.5 Å². The second-order valence-corrected chi connectivity index (χ2v) is 7.88. The number of carbonyl (C=O) groups is 1. The fourth-order valence-corrected chi connectivity index (χ4v) is 4.79. The molecular formula is C20H20BrFN2O2. The zero-order valence-electron chi connectivity index (χ0n) is 14.4. The molecule has 2 aliphatic rings. The second-order valence-electron chi connectivity index (χ2n) is 6.97. The van der Waals surface area contributed by atoms with Gasteiger partial charge in [-0.05, 0) is 54.4 Å². The third-order valence-electron chi connectivity index (χ3n) is 5.66. The van der Waals surface area contributed by atoms with E-state index in [0.29, 0.717) is 12.1 Å². The van der Waals surface area contributed by atoms with Crippen LogP contribution in [-0.2, 0) is 0 Å². The van der Waals surface area contributed by atoms with Crippen molar-refractivity contribution >= 4 is 27.5 Å². The molecule has 4 rings (SSSR count). The van der Waals surface area contributed by atoms with E-state index in [2.05, 4.69) is 26.9 Å². The van der Waals surface area contributed by atoms with Crippen molar-refractivity contribution in [1.29, 1.82) is 0 Å². The maximum absolute atomic E-state index is 13.2. The van der Waals surface area contributed by atoms with Crippen molar-refractivity contribution in [2.75, 3.05) is 25.1 Å². The number of nitrogens with zero attached hydrogens (tertiary/aromatic N) is 2. The van der Waals surface area contributed by atoms with Crippen LogP contribution in [0.4, 0.5) is 10.1 Å². The van der Waals surface area contributed by atoms with Crippen LogP contribution < -0.4 is 4.90 Å². The summed E-state index contributed by atoms with van der Waals surface area (Å²) in [5, 5.41) is 9.97. The van der Waals surface area contributed by atoms with Crippen LogP contribution in [0.2, 0.25) is 0 Å². The maximum atomic E-state index is 13.2. The molecule has 2 aliphatic heterocycles. The Morgan fingerprint density at radius 1 is 1.27 bits per heavy atom. The first kappa shape index (κ1) is 17.5. The molecule has 0 bridgehead atoms. The molecule has 2 heterocycles. The van der Waals surface area contributed by atoms with Crippen molar-refractivity contribution in [3.63, 3.8) is 0 Å². The summed E-state index contributed by atoms with van der Waals surface area (Å²) in [7, 11) is 1.99. The summed E-state index contributed by atoms with van der Waals surface area (Å²) in [6, 6.07) is 11.6. The average Bonchev–Trinajstić information content (AvgIpc) is 3.07. The van der Waals surface area contributed by atoms with E-state index >= 15 is 0 Å². The van der Waals surface area contributed by atoms with Gasteiger partial charge in [0, 0.05) is 35.2 Å². The van der Waals surface area contributed by atoms with E-state index in [0.717, 1.165) is 22.1 Å². The molecule has 26 heavy (non-hydrogen) atoms. The first-order chi connectivity index (χ1) is 12.5. The van der Waals surface area contributed by atoms with Crippen LogP contribution in [0.15, 0.2) is 46.9 Å². The molecule has 3 atom stereocenters. The Hall–Kier alpha value is -1.92. The lowest BCUT2D eigenvalue weighted by atomic mass is 9.82. The van der Waals surface area contributed by atoms with Gasteiger partial charge in [-0.1, -0.05) is 15.9 Å². The first-order valence-electron chi connectivity index (χ1n) is 8.71. The molecule has 2 aromatic carbocycles. The quantitative estimate of drug-likeness (QED) is 0.809. The molecule has 1 saturated heterocycles. The highest BCUT2D eigenvalue weighted by molar-refractivity contribution is 9.10. The lowest BCUT2D eigenvalue weighted by molar-refractivity contribution is 0.0694. The molecule has 6 heteroatoms. The van der Waals surface area contributed by atoms with Crippen LogP contribution >= 0.6 is 15.9 Å². The molecule has 4 nitrogen and oxygen atoms in total. The van der Waals surface area contributed by atoms with E-state index in [9.17, 15) is 14.3 Å². The highest BCUT2D eigenvalue weighted by Gasteiger charge is 2.47. The third-order valence-corrected chi connectivity index (χ3v) is 6.16. The van der Waals surface area contributed by atoms with Crippen LogP contribution in [0.3, 0.4) is 0 Å². The number of halogens is 2. The van der Waals surface area contributed by atoms with Gasteiger partial charge in [0.05, 0.1) is 18.7 Å². The molecular weight excluding hydrogens is 399 g/mol. The normalized spacial score (nSPS) is 24.4. The number of hydrogen-bond acceptors (Lipinski definition) is 3. The molecule has 2 aromatic rings. The van der Waals surface area contributed by atoms with E-state index in [1.807, 2.05) is 24.1 Å². The van der Waals surface area contributed by atoms with E-state index in [4.69, 9.17) is 0 Å². The van der Waals surface area contributed by atoms with E-state index < -0.39 is 0 Å². The summed E-state index contributed by atoms with van der Waals surface area (Å²) in [6.45, 7) is 0.674. The van der Waals surface area contributed by atoms with Crippen molar-refractivity contribution in [2.24, 2.45) is 5.92 Å². The molecule has 0 aliphatic carbocycles. The zero-order valence-corrected chi connectivity index (χ0v) is 16.0. The van der Waals surface area contributed by atoms with Crippen molar-refractivity contribution in [1.82, 2.24) is 4.90 Å². The van der Waals surface area contributed by atoms with Gasteiger partial charge in [0.15, 0.2) is 0 Å². The SMILES string of the molecule is CN1c2ccc(Br)cc2[C@H]2[C@H](CCN2C(=O)c2ccc(F)cc2)[C@H]1CO. The molecule has 136 valence electrons. The molecule has 0 aromatic heterocycles. The number of hydrogen-bond donors (Lipinski definition) is 1. The number of likely N-dealkylation sites (tertiary alicyclic amines) is 1. The minimum atomic E-state index is -0.352. The zero-order chi connectivity index (χ0) is 18.4. The Morgan fingerprint density at radius 3 is 2.69 bits per heavy atom. The van der Waals surface area contributed by atoms with Gasteiger partial charge < -0.3 is 14.9 Å². The summed E-state index contributed by atoms with van der Waals surface area (Å²) in [5.74, 6) is -0.282. The standard InChI is InChI=1S/C20H20BrFN2O2/c1-23-17-7-4-13(21)10-16(17)19-15(18(23)11-25)8-9-24(19)20(26)12-2-5-14(22)6-3-12/h2-7,10,15,18-19,25H,8-9,11H2,1H3/t15-,18-,19-/m1/s1. The summed E-state index contributed by atoms with van der Waals surface area (Å²) in [6.07, 6.45) is 0.832. The number of aliphatic hydroxyl groups excluding tert-OH is 1. The van der Waals surface area contributed by atoms with Gasteiger partial charge in [-0.25, -0.2) is 4.39 Å². The highest BCUT2D eigenvalue weighted by Crippen LogP contribution is 2.49. The molecule has 0 radical (unpaired) electrons. The second kappa shape index (κ2) is 6.67. The summed E-state index contributed by atoms with van der Waals surface area (Å²) in [5.41, 5.74) is 2.61. The van der Waals surface area contributed by atoms with Crippen molar-refractivity contribution < 1.29 is 14.3 Å². The Morgan fingerprint density at radius 2 is 2.00 bits per heavy atom. The van der Waals surface area contributed by atoms with Crippen LogP contribution in [0.25, 0.3) is 0 Å². The van der Waals surface area contributed by atoms with E-state index in [1.54, 1.807) is 0 Å². The van der Waals surface area contributed by atoms with Gasteiger partial charge in [-0.15, -0.1) is 0 Å². The van der Waals surface area contributed by atoms with Gasteiger partial charge in [0.2, 0.25) is 0 Å². The predicted molar refractivity (Wildman–Crippen MR) is 102 cm³/mol. The Kier molecular flexibility index (Phi) is 4.49. The van der Waals surface area contributed by atoms with Crippen molar-refractivity contribution in [3.8, 4) is 0 Å². The van der Waals surface area contributed by atoms with E-state index in [1.165, 1.54) is 24.3 Å². The lowest BCUT2D eigenvalue weighted by Crippen LogP contribution is -2.48. The number of amides is 1. The molecule has 1 fully saturated rings. The van der Waals surface area contributed by atoms with Gasteiger partial charge >= 0.3 is 0 Å². The number of rotatable bonds is 2. The molecule has 1 amide bonds. The van der Waals surface area contributed by atoms with Crippen LogP contribution in [-0.4, -0.2) is 42.2 Å². The largest absolute Gasteiger partial charge is 0.394 e. The number of anilines is 1. The van der Waals surface area contributed by atoms with Gasteiger partial charge in [0.1, 0.15) is 5.82 Å². The van der Waals surface area contributed by atoms with Gasteiger partial charge in [-0.2, -0.15) is 0 Å². The van der Waals surface area contributed by atoms with Crippen LogP contribution in [0, 0.1) is 11.7 Å². The number of fused-ring (bicyclic) bond motifs is 3. The number of carbonyl (C=O) groups excluding carboxylic acids is 1. The molecule has 0 unspecified atom stereocenters. The summed E-state index contributed by atoms with van der Waals surface area (Å²) < 4.78 is 14.2. The Balaban J connectivity index is 1.77. The minimum absolute atomic E-state index is 0.0281. The van der Waals surface area contributed by atoms with Crippen LogP contribution in [0.1, 0.15) is 28.4 Å². The Bertz CT molecular complexity index is 842. The first-order valence-corrected chi connectivity index (χ1v) is 9.50. The fourth-order valence-electron chi connectivity index (χ4n) is 4.41. The average molecular weight is 419 g/mol. The predicted octanol–water partition coefficient (Wildman–Crippen LogP) is 3.60. The minimum Gasteiger partial charge on any atom is -0.394 e. The number of benzene rings is 2. The number of aliphatic hydroxyl groups is 1. The molecule has 0 spiro atoms. The van der Waals surface area contributed by atoms with Crippen LogP contribution in [0.5, 0.6) is 0 Å². The topological polar surface area (TPSA) is 43.8 Å².